The maximum absolute atomic E-state index is 12.2. The van der Waals surface area contributed by atoms with Crippen molar-refractivity contribution in [1.82, 2.24) is 5.43 Å². The van der Waals surface area contributed by atoms with E-state index in [0.29, 0.717) is 5.69 Å². The largest absolute Gasteiger partial charge is 0.489 e. The molecular formula is C19H20IN3O4S2. The van der Waals surface area contributed by atoms with Crippen molar-refractivity contribution in [2.24, 2.45) is 5.10 Å². The minimum absolute atomic E-state index is 0.282. The number of thioether (sulfide) groups is 1. The van der Waals surface area contributed by atoms with Crippen molar-refractivity contribution in [2.45, 2.75) is 6.10 Å². The van der Waals surface area contributed by atoms with Gasteiger partial charge in [0.15, 0.2) is 0 Å². The Balaban J connectivity index is 1.56. The van der Waals surface area contributed by atoms with Gasteiger partial charge in [0, 0.05) is 15.1 Å². The Kier molecular flexibility index (Phi) is 7.41. The Labute approximate surface area is 188 Å². The zero-order valence-electron chi connectivity index (χ0n) is 15.6. The minimum Gasteiger partial charge on any atom is -0.489 e. The van der Waals surface area contributed by atoms with Crippen molar-refractivity contribution in [3.63, 3.8) is 0 Å². The number of halogens is 1. The Bertz CT molecular complexity index is 976. The summed E-state index contributed by atoms with van der Waals surface area (Å²) in [6.45, 7) is -0.358. The van der Waals surface area contributed by atoms with Crippen LogP contribution < -0.4 is 14.5 Å². The number of carbonyl (C=O) groups is 1. The summed E-state index contributed by atoms with van der Waals surface area (Å²) in [6.07, 6.45) is 2.84. The van der Waals surface area contributed by atoms with Crippen LogP contribution in [0.5, 0.6) is 5.75 Å². The molecule has 1 fully saturated rings. The van der Waals surface area contributed by atoms with Crippen molar-refractivity contribution in [2.75, 3.05) is 28.6 Å². The van der Waals surface area contributed by atoms with Crippen LogP contribution in [0.4, 0.5) is 5.69 Å². The van der Waals surface area contributed by atoms with Crippen LogP contribution in [0.2, 0.25) is 0 Å². The lowest BCUT2D eigenvalue weighted by Crippen LogP contribution is -2.39. The zero-order chi connectivity index (χ0) is 20.9. The number of hydrogen-bond acceptors (Lipinski definition) is 6. The standard InChI is InChI=1S/C19H20IN3O4S2/c1-29(25,26)23(16-6-4-15(20)5-7-16)11-19(24)22-21-10-14-2-8-17(9-3-14)27-18-12-28-13-18/h2-10,18H,11-13H2,1H3,(H,22,24)/b21-10-. The Morgan fingerprint density at radius 2 is 1.90 bits per heavy atom. The summed E-state index contributed by atoms with van der Waals surface area (Å²) < 4.78 is 31.9. The summed E-state index contributed by atoms with van der Waals surface area (Å²) in [5.74, 6) is 2.30. The summed E-state index contributed by atoms with van der Waals surface area (Å²) in [5, 5.41) is 3.91. The van der Waals surface area contributed by atoms with E-state index in [1.807, 2.05) is 36.0 Å². The summed E-state index contributed by atoms with van der Waals surface area (Å²) in [7, 11) is -3.61. The molecule has 0 radical (unpaired) electrons. The fourth-order valence-electron chi connectivity index (χ4n) is 2.46. The predicted octanol–water partition coefficient (Wildman–Crippen LogP) is 2.70. The molecule has 7 nitrogen and oxygen atoms in total. The van der Waals surface area contributed by atoms with Gasteiger partial charge in [-0.05, 0) is 76.7 Å². The van der Waals surface area contributed by atoms with Gasteiger partial charge in [-0.15, -0.1) is 0 Å². The molecule has 1 heterocycles. The predicted molar refractivity (Wildman–Crippen MR) is 125 cm³/mol. The van der Waals surface area contributed by atoms with Crippen molar-refractivity contribution >= 4 is 62.2 Å². The molecule has 29 heavy (non-hydrogen) atoms. The Hall–Kier alpha value is -1.79. The second-order valence-electron chi connectivity index (χ2n) is 6.39. The third-order valence-corrected chi connectivity index (χ3v) is 7.07. The molecule has 2 aromatic carbocycles. The van der Waals surface area contributed by atoms with Gasteiger partial charge >= 0.3 is 0 Å². The number of benzene rings is 2. The van der Waals surface area contributed by atoms with Gasteiger partial charge in [-0.2, -0.15) is 16.9 Å². The molecule has 1 amide bonds. The van der Waals surface area contributed by atoms with E-state index in [2.05, 4.69) is 33.1 Å². The van der Waals surface area contributed by atoms with Gasteiger partial charge < -0.3 is 4.74 Å². The van der Waals surface area contributed by atoms with Gasteiger partial charge in [0.05, 0.1) is 18.2 Å². The van der Waals surface area contributed by atoms with E-state index in [1.54, 1.807) is 24.3 Å². The normalized spacial score (nSPS) is 14.4. The second-order valence-corrected chi connectivity index (χ2v) is 10.6. The van der Waals surface area contributed by atoms with E-state index in [9.17, 15) is 13.2 Å². The molecule has 0 spiro atoms. The summed E-state index contributed by atoms with van der Waals surface area (Å²) >= 11 is 3.99. The monoisotopic (exact) mass is 545 g/mol. The molecule has 0 aliphatic carbocycles. The topological polar surface area (TPSA) is 88.1 Å². The smallest absolute Gasteiger partial charge is 0.260 e. The van der Waals surface area contributed by atoms with Crippen LogP contribution in [0.1, 0.15) is 5.56 Å². The maximum Gasteiger partial charge on any atom is 0.260 e. The molecule has 0 atom stereocenters. The number of hydrazone groups is 1. The SMILES string of the molecule is CS(=O)(=O)N(CC(=O)N/N=C\c1ccc(OC2CSC2)cc1)c1ccc(I)cc1. The van der Waals surface area contributed by atoms with E-state index >= 15 is 0 Å². The zero-order valence-corrected chi connectivity index (χ0v) is 19.4. The third kappa shape index (κ3) is 6.61. The van der Waals surface area contributed by atoms with E-state index in [1.165, 1.54) is 6.21 Å². The number of ether oxygens (including phenoxy) is 1. The van der Waals surface area contributed by atoms with Crippen LogP contribution in [0.3, 0.4) is 0 Å². The fourth-order valence-corrected chi connectivity index (χ4v) is 4.24. The highest BCUT2D eigenvalue weighted by atomic mass is 127. The molecule has 0 aromatic heterocycles. The highest BCUT2D eigenvalue weighted by Gasteiger charge is 2.21. The fraction of sp³-hybridized carbons (Fsp3) is 0.263. The van der Waals surface area contributed by atoms with Crippen LogP contribution >= 0.6 is 34.4 Å². The summed E-state index contributed by atoms with van der Waals surface area (Å²) in [6, 6.07) is 14.3. The quantitative estimate of drug-likeness (QED) is 0.313. The van der Waals surface area contributed by atoms with Gasteiger partial charge in [0.2, 0.25) is 10.0 Å². The third-order valence-electron chi connectivity index (χ3n) is 4.00. The van der Waals surface area contributed by atoms with E-state index in [-0.39, 0.29) is 12.6 Å². The van der Waals surface area contributed by atoms with E-state index < -0.39 is 15.9 Å². The first-order chi connectivity index (χ1) is 13.8. The lowest BCUT2D eigenvalue weighted by molar-refractivity contribution is -0.119. The van der Waals surface area contributed by atoms with Crippen molar-refractivity contribution in [1.29, 1.82) is 0 Å². The molecule has 0 unspecified atom stereocenters. The van der Waals surface area contributed by atoms with Crippen LogP contribution in [-0.2, 0) is 14.8 Å². The van der Waals surface area contributed by atoms with Gasteiger partial charge in [-0.1, -0.05) is 0 Å². The molecule has 1 saturated heterocycles. The van der Waals surface area contributed by atoms with Crippen molar-refractivity contribution in [3.05, 3.63) is 57.7 Å². The first-order valence-corrected chi connectivity index (χ1v) is 12.8. The lowest BCUT2D eigenvalue weighted by atomic mass is 10.2. The average molecular weight is 545 g/mol. The first-order valence-electron chi connectivity index (χ1n) is 8.71. The number of amides is 1. The number of anilines is 1. The van der Waals surface area contributed by atoms with Crippen molar-refractivity contribution in [3.8, 4) is 5.75 Å². The van der Waals surface area contributed by atoms with Gasteiger partial charge in [-0.3, -0.25) is 9.10 Å². The van der Waals surface area contributed by atoms with E-state index in [0.717, 1.165) is 36.9 Å². The van der Waals surface area contributed by atoms with Crippen LogP contribution in [0.25, 0.3) is 0 Å². The molecule has 1 aliphatic heterocycles. The number of nitrogens with one attached hydrogen (secondary N) is 1. The maximum atomic E-state index is 12.2. The first kappa shape index (κ1) is 21.9. The number of nitrogens with zero attached hydrogens (tertiary/aromatic N) is 2. The Morgan fingerprint density at radius 1 is 1.24 bits per heavy atom. The summed E-state index contributed by atoms with van der Waals surface area (Å²) in [5.41, 5.74) is 3.58. The number of hydrogen-bond donors (Lipinski definition) is 1. The average Bonchev–Trinajstić information content (AvgIpc) is 2.64. The van der Waals surface area contributed by atoms with Gasteiger partial charge in [0.1, 0.15) is 18.4 Å². The van der Waals surface area contributed by atoms with Gasteiger partial charge in [0.25, 0.3) is 5.91 Å². The molecular weight excluding hydrogens is 525 g/mol. The van der Waals surface area contributed by atoms with Crippen LogP contribution in [-0.4, -0.2) is 50.9 Å². The minimum atomic E-state index is -3.61. The van der Waals surface area contributed by atoms with E-state index in [4.69, 9.17) is 4.74 Å². The molecule has 10 heteroatoms. The number of sulfonamides is 1. The molecule has 0 bridgehead atoms. The molecule has 3 rings (SSSR count). The number of rotatable bonds is 8. The van der Waals surface area contributed by atoms with Gasteiger partial charge in [-0.25, -0.2) is 13.8 Å². The molecule has 1 N–H and O–H groups in total. The molecule has 154 valence electrons. The van der Waals surface area contributed by atoms with Crippen molar-refractivity contribution < 1.29 is 17.9 Å². The Morgan fingerprint density at radius 3 is 2.45 bits per heavy atom. The lowest BCUT2D eigenvalue weighted by Gasteiger charge is -2.25. The van der Waals surface area contributed by atoms with Crippen LogP contribution in [0.15, 0.2) is 53.6 Å². The highest BCUT2D eigenvalue weighted by Crippen LogP contribution is 2.23. The second kappa shape index (κ2) is 9.81. The summed E-state index contributed by atoms with van der Waals surface area (Å²) in [4.78, 5) is 12.2. The number of carbonyl (C=O) groups excluding carboxylic acids is 1. The van der Waals surface area contributed by atoms with Crippen LogP contribution in [0, 0.1) is 3.57 Å². The molecule has 0 saturated carbocycles. The molecule has 1 aliphatic rings. The molecule has 2 aromatic rings. The highest BCUT2D eigenvalue weighted by molar-refractivity contribution is 14.1.